The minimum absolute atomic E-state index is 0.173. The van der Waals surface area contributed by atoms with Crippen LogP contribution in [0.25, 0.3) is 11.3 Å². The highest BCUT2D eigenvalue weighted by atomic mass is 19.1. The first-order valence-corrected chi connectivity index (χ1v) is 6.12. The Hall–Kier alpha value is -1.68. The van der Waals surface area contributed by atoms with Crippen LogP contribution in [0.5, 0.6) is 0 Å². The predicted molar refractivity (Wildman–Crippen MR) is 70.7 cm³/mol. The number of hydrogen-bond acceptors (Lipinski definition) is 2. The highest BCUT2D eigenvalue weighted by Gasteiger charge is 2.06. The monoisotopic (exact) mass is 247 g/mol. The number of nitrogens with one attached hydrogen (secondary N) is 1. The van der Waals surface area contributed by atoms with Crippen molar-refractivity contribution in [2.45, 2.75) is 32.7 Å². The first-order chi connectivity index (χ1) is 8.56. The molecule has 18 heavy (non-hydrogen) atoms. The molecule has 1 atom stereocenters. The second kappa shape index (κ2) is 5.31. The summed E-state index contributed by atoms with van der Waals surface area (Å²) in [5.41, 5.74) is 8.22. The third kappa shape index (κ3) is 2.96. The second-order valence-corrected chi connectivity index (χ2v) is 4.72. The quantitative estimate of drug-likeness (QED) is 0.872. The Morgan fingerprint density at radius 1 is 1.44 bits per heavy atom. The number of rotatable bonds is 4. The molecular weight excluding hydrogens is 229 g/mol. The van der Waals surface area contributed by atoms with E-state index in [1.54, 1.807) is 19.2 Å². The Bertz CT molecular complexity index is 532. The summed E-state index contributed by atoms with van der Waals surface area (Å²) in [6.07, 6.45) is 3.51. The highest BCUT2D eigenvalue weighted by molar-refractivity contribution is 5.59. The summed E-state index contributed by atoms with van der Waals surface area (Å²) in [6.45, 7) is 3.74. The van der Waals surface area contributed by atoms with Crippen molar-refractivity contribution in [3.63, 3.8) is 0 Å². The van der Waals surface area contributed by atoms with Crippen LogP contribution in [-0.2, 0) is 6.42 Å². The number of halogens is 1. The van der Waals surface area contributed by atoms with Crippen molar-refractivity contribution >= 4 is 0 Å². The zero-order chi connectivity index (χ0) is 13.1. The fourth-order valence-electron chi connectivity index (χ4n) is 1.81. The molecule has 4 heteroatoms. The number of imidazole rings is 1. The van der Waals surface area contributed by atoms with Gasteiger partial charge in [-0.2, -0.15) is 0 Å². The molecule has 3 nitrogen and oxygen atoms in total. The average molecular weight is 247 g/mol. The summed E-state index contributed by atoms with van der Waals surface area (Å²) in [5, 5.41) is 0. The first-order valence-electron chi connectivity index (χ1n) is 6.12. The number of aromatic nitrogens is 2. The standard InChI is InChI=1S/C14H18FN3/c1-9-7-11(4-5-12(9)15)13-8-17-14(18-13)6-3-10(2)16/h4-5,7-8,10H,3,6,16H2,1-2H3,(H,17,18). The molecule has 0 amide bonds. The van der Waals surface area contributed by atoms with Crippen LogP contribution in [0.4, 0.5) is 4.39 Å². The minimum Gasteiger partial charge on any atom is -0.342 e. The van der Waals surface area contributed by atoms with Crippen LogP contribution in [-0.4, -0.2) is 16.0 Å². The zero-order valence-corrected chi connectivity index (χ0v) is 10.7. The summed E-state index contributed by atoms with van der Waals surface area (Å²) in [7, 11) is 0. The maximum atomic E-state index is 13.2. The smallest absolute Gasteiger partial charge is 0.126 e. The van der Waals surface area contributed by atoms with E-state index in [4.69, 9.17) is 5.73 Å². The van der Waals surface area contributed by atoms with E-state index in [1.165, 1.54) is 6.07 Å². The van der Waals surface area contributed by atoms with Crippen LogP contribution in [0.1, 0.15) is 24.7 Å². The van der Waals surface area contributed by atoms with Crippen molar-refractivity contribution in [3.8, 4) is 11.3 Å². The van der Waals surface area contributed by atoms with E-state index in [0.717, 1.165) is 29.9 Å². The maximum absolute atomic E-state index is 13.2. The van der Waals surface area contributed by atoms with Gasteiger partial charge >= 0.3 is 0 Å². The minimum atomic E-state index is -0.185. The van der Waals surface area contributed by atoms with Crippen molar-refractivity contribution in [2.24, 2.45) is 5.73 Å². The summed E-state index contributed by atoms with van der Waals surface area (Å²) in [6, 6.07) is 5.22. The Labute approximate surface area is 106 Å². The molecule has 2 aromatic rings. The van der Waals surface area contributed by atoms with Crippen molar-refractivity contribution in [1.29, 1.82) is 0 Å². The summed E-state index contributed by atoms with van der Waals surface area (Å²) < 4.78 is 13.2. The fourth-order valence-corrected chi connectivity index (χ4v) is 1.81. The first kappa shape index (κ1) is 12.8. The molecule has 2 rings (SSSR count). The highest BCUT2D eigenvalue weighted by Crippen LogP contribution is 2.20. The molecule has 0 spiro atoms. The van der Waals surface area contributed by atoms with Crippen molar-refractivity contribution in [3.05, 3.63) is 41.6 Å². The number of nitrogens with zero attached hydrogens (tertiary/aromatic N) is 1. The van der Waals surface area contributed by atoms with Crippen LogP contribution < -0.4 is 5.73 Å². The van der Waals surface area contributed by atoms with Gasteiger partial charge in [0.25, 0.3) is 0 Å². The molecule has 1 heterocycles. The lowest BCUT2D eigenvalue weighted by molar-refractivity contribution is 0.618. The largest absolute Gasteiger partial charge is 0.342 e. The lowest BCUT2D eigenvalue weighted by Crippen LogP contribution is -2.15. The lowest BCUT2D eigenvalue weighted by atomic mass is 10.1. The predicted octanol–water partition coefficient (Wildman–Crippen LogP) is 2.80. The third-order valence-corrected chi connectivity index (χ3v) is 2.93. The van der Waals surface area contributed by atoms with Gasteiger partial charge in [-0.3, -0.25) is 0 Å². The molecule has 96 valence electrons. The van der Waals surface area contributed by atoms with Crippen LogP contribution in [0.15, 0.2) is 24.4 Å². The molecule has 1 aromatic carbocycles. The number of aromatic amines is 1. The Morgan fingerprint density at radius 2 is 2.22 bits per heavy atom. The van der Waals surface area contributed by atoms with Crippen molar-refractivity contribution in [1.82, 2.24) is 9.97 Å². The Kier molecular flexibility index (Phi) is 3.77. The second-order valence-electron chi connectivity index (χ2n) is 4.72. The van der Waals surface area contributed by atoms with Gasteiger partial charge in [-0.15, -0.1) is 0 Å². The SMILES string of the molecule is Cc1cc(-c2cnc(CCC(C)N)[nH]2)ccc1F. The van der Waals surface area contributed by atoms with E-state index in [9.17, 15) is 4.39 Å². The van der Waals surface area contributed by atoms with E-state index in [-0.39, 0.29) is 11.9 Å². The van der Waals surface area contributed by atoms with Gasteiger partial charge in [-0.05, 0) is 44.0 Å². The van der Waals surface area contributed by atoms with E-state index < -0.39 is 0 Å². The molecule has 3 N–H and O–H groups in total. The van der Waals surface area contributed by atoms with E-state index >= 15 is 0 Å². The molecule has 0 saturated carbocycles. The molecule has 0 bridgehead atoms. The van der Waals surface area contributed by atoms with Gasteiger partial charge in [0.05, 0.1) is 11.9 Å². The van der Waals surface area contributed by atoms with Gasteiger partial charge in [0, 0.05) is 18.0 Å². The molecule has 0 fully saturated rings. The number of benzene rings is 1. The number of H-pyrrole nitrogens is 1. The van der Waals surface area contributed by atoms with Crippen LogP contribution in [0.2, 0.25) is 0 Å². The zero-order valence-electron chi connectivity index (χ0n) is 10.7. The summed E-state index contributed by atoms with van der Waals surface area (Å²) in [5.74, 6) is 0.736. The van der Waals surface area contributed by atoms with E-state index in [1.807, 2.05) is 13.0 Å². The normalized spacial score (nSPS) is 12.7. The topological polar surface area (TPSA) is 54.7 Å². The van der Waals surface area contributed by atoms with Gasteiger partial charge in [0.2, 0.25) is 0 Å². The molecule has 0 aliphatic heterocycles. The lowest BCUT2D eigenvalue weighted by Gasteiger charge is -2.02. The van der Waals surface area contributed by atoms with Gasteiger partial charge in [-0.25, -0.2) is 9.37 Å². The van der Waals surface area contributed by atoms with Gasteiger partial charge in [-0.1, -0.05) is 0 Å². The molecular formula is C14H18FN3. The molecule has 0 saturated heterocycles. The van der Waals surface area contributed by atoms with Crippen LogP contribution in [0.3, 0.4) is 0 Å². The molecule has 0 radical (unpaired) electrons. The molecule has 1 aromatic heterocycles. The maximum Gasteiger partial charge on any atom is 0.126 e. The number of nitrogens with two attached hydrogens (primary N) is 1. The van der Waals surface area contributed by atoms with E-state index in [0.29, 0.717) is 5.56 Å². The van der Waals surface area contributed by atoms with Gasteiger partial charge in [0.1, 0.15) is 11.6 Å². The van der Waals surface area contributed by atoms with Gasteiger partial charge in [0.15, 0.2) is 0 Å². The molecule has 0 aliphatic carbocycles. The Morgan fingerprint density at radius 3 is 2.89 bits per heavy atom. The van der Waals surface area contributed by atoms with Crippen LogP contribution >= 0.6 is 0 Å². The fraction of sp³-hybridized carbons (Fsp3) is 0.357. The van der Waals surface area contributed by atoms with E-state index in [2.05, 4.69) is 9.97 Å². The summed E-state index contributed by atoms with van der Waals surface area (Å²) >= 11 is 0. The Balaban J connectivity index is 2.16. The third-order valence-electron chi connectivity index (χ3n) is 2.93. The van der Waals surface area contributed by atoms with Crippen LogP contribution in [0, 0.1) is 12.7 Å². The van der Waals surface area contributed by atoms with Crippen molar-refractivity contribution in [2.75, 3.05) is 0 Å². The average Bonchev–Trinajstić information content (AvgIpc) is 2.79. The summed E-state index contributed by atoms with van der Waals surface area (Å²) in [4.78, 5) is 7.55. The van der Waals surface area contributed by atoms with Crippen molar-refractivity contribution < 1.29 is 4.39 Å². The number of hydrogen-bond donors (Lipinski definition) is 2. The number of aryl methyl sites for hydroxylation is 2. The van der Waals surface area contributed by atoms with Gasteiger partial charge < -0.3 is 10.7 Å². The molecule has 0 aliphatic rings. The molecule has 1 unspecified atom stereocenters.